The van der Waals surface area contributed by atoms with Crippen LogP contribution in [0.15, 0.2) is 24.3 Å². The number of anilines is 1. The van der Waals surface area contributed by atoms with Gasteiger partial charge in [-0.1, -0.05) is 0 Å². The second kappa shape index (κ2) is 7.53. The van der Waals surface area contributed by atoms with Gasteiger partial charge in [0, 0.05) is 24.7 Å². The molecule has 1 aromatic carbocycles. The Morgan fingerprint density at radius 3 is 2.79 bits per heavy atom. The highest BCUT2D eigenvalue weighted by atomic mass is 19.3. The second-order valence-corrected chi connectivity index (χ2v) is 6.99. The van der Waals surface area contributed by atoms with Crippen LogP contribution < -0.4 is 19.5 Å². The summed E-state index contributed by atoms with van der Waals surface area (Å²) in [5.74, 6) is 1.26. The van der Waals surface area contributed by atoms with Crippen LogP contribution in [0.25, 0.3) is 0 Å². The van der Waals surface area contributed by atoms with Crippen LogP contribution in [0.4, 0.5) is 19.4 Å². The van der Waals surface area contributed by atoms with Gasteiger partial charge in [-0.3, -0.25) is 5.32 Å². The maximum absolute atomic E-state index is 12.8. The predicted octanol–water partition coefficient (Wildman–Crippen LogP) is 3.24. The molecule has 0 aliphatic carbocycles. The summed E-state index contributed by atoms with van der Waals surface area (Å²) in [5.41, 5.74) is 0.174. The number of benzene rings is 1. The van der Waals surface area contributed by atoms with Gasteiger partial charge in [-0.25, -0.2) is 9.48 Å². The van der Waals surface area contributed by atoms with Crippen LogP contribution in [0.2, 0.25) is 0 Å². The Kier molecular flexibility index (Phi) is 5.30. The van der Waals surface area contributed by atoms with Crippen molar-refractivity contribution in [3.05, 3.63) is 29.8 Å². The Bertz CT molecular complexity index is 869. The van der Waals surface area contributed by atoms with E-state index in [1.807, 2.05) is 19.9 Å². The van der Waals surface area contributed by atoms with Gasteiger partial charge >= 0.3 is 12.6 Å². The monoisotopic (exact) mass is 396 g/mol. The molecule has 28 heavy (non-hydrogen) atoms. The standard InChI is InChI=1S/C18H22F2N4O4/c1-18(2)10-24(9-11-5-6-12(26-4)7-13(11)28-18)17(25)21-14-8-15(23(3)22-14)27-16(19)20/h5-8,16H,9-10H2,1-4H3,(H,21,22,25). The maximum atomic E-state index is 12.8. The fourth-order valence-electron chi connectivity index (χ4n) is 2.98. The molecule has 0 unspecified atom stereocenters. The molecule has 2 aromatic rings. The summed E-state index contributed by atoms with van der Waals surface area (Å²) in [6.07, 6.45) is 0. The number of methoxy groups -OCH3 is 1. The van der Waals surface area contributed by atoms with Crippen molar-refractivity contribution in [3.8, 4) is 17.4 Å². The number of aromatic nitrogens is 2. The third-order valence-electron chi connectivity index (χ3n) is 4.16. The third-order valence-corrected chi connectivity index (χ3v) is 4.16. The molecule has 0 spiro atoms. The molecule has 1 aromatic heterocycles. The highest BCUT2D eigenvalue weighted by Crippen LogP contribution is 2.33. The van der Waals surface area contributed by atoms with Gasteiger partial charge in [0.15, 0.2) is 5.82 Å². The van der Waals surface area contributed by atoms with E-state index in [0.29, 0.717) is 24.6 Å². The molecule has 8 nitrogen and oxygen atoms in total. The van der Waals surface area contributed by atoms with E-state index in [4.69, 9.17) is 9.47 Å². The van der Waals surface area contributed by atoms with E-state index in [1.54, 1.807) is 24.1 Å². The number of alkyl halides is 2. The third kappa shape index (κ3) is 4.44. The molecule has 0 saturated carbocycles. The molecule has 152 valence electrons. The molecule has 10 heteroatoms. The summed E-state index contributed by atoms with van der Waals surface area (Å²) in [4.78, 5) is 14.4. The van der Waals surface area contributed by atoms with Crippen LogP contribution in [0, 0.1) is 0 Å². The van der Waals surface area contributed by atoms with Crippen LogP contribution in [0.1, 0.15) is 19.4 Å². The van der Waals surface area contributed by atoms with Crippen molar-refractivity contribution >= 4 is 11.8 Å². The van der Waals surface area contributed by atoms with Crippen LogP contribution in [-0.2, 0) is 13.6 Å². The average Bonchev–Trinajstić information content (AvgIpc) is 2.85. The Balaban J connectivity index is 1.79. The summed E-state index contributed by atoms with van der Waals surface area (Å²) in [6, 6.07) is 6.23. The van der Waals surface area contributed by atoms with E-state index in [1.165, 1.54) is 13.1 Å². The summed E-state index contributed by atoms with van der Waals surface area (Å²) < 4.78 is 41.6. The number of amides is 2. The number of aryl methyl sites for hydroxylation is 1. The van der Waals surface area contributed by atoms with Gasteiger partial charge < -0.3 is 19.1 Å². The number of rotatable bonds is 4. The van der Waals surface area contributed by atoms with Crippen molar-refractivity contribution < 1.29 is 27.8 Å². The molecule has 2 heterocycles. The average molecular weight is 396 g/mol. The SMILES string of the molecule is COc1ccc2c(c1)OC(C)(C)CN(C(=O)Nc1cc(OC(F)F)n(C)n1)C2. The van der Waals surface area contributed by atoms with Gasteiger partial charge in [0.1, 0.15) is 17.1 Å². The lowest BCUT2D eigenvalue weighted by molar-refractivity contribution is -0.0553. The molecule has 0 atom stereocenters. The predicted molar refractivity (Wildman–Crippen MR) is 97.0 cm³/mol. The van der Waals surface area contributed by atoms with E-state index >= 15 is 0 Å². The number of nitrogens with zero attached hydrogens (tertiary/aromatic N) is 3. The van der Waals surface area contributed by atoms with E-state index in [0.717, 1.165) is 10.2 Å². The van der Waals surface area contributed by atoms with Gasteiger partial charge in [0.2, 0.25) is 5.88 Å². The van der Waals surface area contributed by atoms with Crippen molar-refractivity contribution in [2.75, 3.05) is 19.0 Å². The molecule has 2 amide bonds. The van der Waals surface area contributed by atoms with Crippen LogP contribution in [0.5, 0.6) is 17.4 Å². The maximum Gasteiger partial charge on any atom is 0.388 e. The zero-order chi connectivity index (χ0) is 20.5. The lowest BCUT2D eigenvalue weighted by Gasteiger charge is -2.29. The van der Waals surface area contributed by atoms with Gasteiger partial charge in [0.05, 0.1) is 20.2 Å². The molecular formula is C18H22F2N4O4. The number of carbonyl (C=O) groups excluding carboxylic acids is 1. The number of hydrogen-bond donors (Lipinski definition) is 1. The number of nitrogens with one attached hydrogen (secondary N) is 1. The summed E-state index contributed by atoms with van der Waals surface area (Å²) in [7, 11) is 3.02. The zero-order valence-corrected chi connectivity index (χ0v) is 16.0. The van der Waals surface area contributed by atoms with Crippen molar-refractivity contribution in [1.82, 2.24) is 14.7 Å². The fraction of sp³-hybridized carbons (Fsp3) is 0.444. The van der Waals surface area contributed by atoms with Crippen LogP contribution in [0.3, 0.4) is 0 Å². The fourth-order valence-corrected chi connectivity index (χ4v) is 2.98. The molecule has 0 saturated heterocycles. The summed E-state index contributed by atoms with van der Waals surface area (Å²) >= 11 is 0. The van der Waals surface area contributed by atoms with Crippen molar-refractivity contribution in [2.45, 2.75) is 32.6 Å². The van der Waals surface area contributed by atoms with E-state index < -0.39 is 18.2 Å². The molecule has 1 aliphatic rings. The van der Waals surface area contributed by atoms with Crippen LogP contribution in [-0.4, -0.2) is 46.6 Å². The molecule has 1 aliphatic heterocycles. The number of halogens is 2. The lowest BCUT2D eigenvalue weighted by atomic mass is 10.1. The Labute approximate surface area is 161 Å². The van der Waals surface area contributed by atoms with Crippen molar-refractivity contribution in [3.63, 3.8) is 0 Å². The highest BCUT2D eigenvalue weighted by molar-refractivity contribution is 5.88. The van der Waals surface area contributed by atoms with Crippen molar-refractivity contribution in [2.24, 2.45) is 7.05 Å². The molecule has 0 bridgehead atoms. The van der Waals surface area contributed by atoms with Gasteiger partial charge in [-0.2, -0.15) is 13.9 Å². The number of carbonyl (C=O) groups is 1. The lowest BCUT2D eigenvalue weighted by Crippen LogP contribution is -2.44. The normalized spacial score (nSPS) is 15.5. The summed E-state index contributed by atoms with van der Waals surface area (Å²) in [5, 5.41) is 6.59. The Morgan fingerprint density at radius 1 is 1.36 bits per heavy atom. The first-order valence-corrected chi connectivity index (χ1v) is 8.57. The number of hydrogen-bond acceptors (Lipinski definition) is 5. The highest BCUT2D eigenvalue weighted by Gasteiger charge is 2.32. The van der Waals surface area contributed by atoms with Gasteiger partial charge in [0.25, 0.3) is 0 Å². The first-order valence-electron chi connectivity index (χ1n) is 8.57. The first-order chi connectivity index (χ1) is 13.2. The largest absolute Gasteiger partial charge is 0.497 e. The Hall–Kier alpha value is -3.04. The molecular weight excluding hydrogens is 374 g/mol. The smallest absolute Gasteiger partial charge is 0.388 e. The minimum Gasteiger partial charge on any atom is -0.497 e. The number of urea groups is 1. The molecule has 0 fully saturated rings. The number of fused-ring (bicyclic) bond motifs is 1. The van der Waals surface area contributed by atoms with Crippen molar-refractivity contribution in [1.29, 1.82) is 0 Å². The van der Waals surface area contributed by atoms with E-state index in [2.05, 4.69) is 15.2 Å². The number of ether oxygens (including phenoxy) is 3. The molecule has 0 radical (unpaired) electrons. The zero-order valence-electron chi connectivity index (χ0n) is 16.0. The minimum atomic E-state index is -2.98. The topological polar surface area (TPSA) is 77.9 Å². The van der Waals surface area contributed by atoms with Gasteiger partial charge in [-0.05, 0) is 26.0 Å². The minimum absolute atomic E-state index is 0.112. The van der Waals surface area contributed by atoms with E-state index in [9.17, 15) is 13.6 Å². The van der Waals surface area contributed by atoms with Gasteiger partial charge in [-0.15, -0.1) is 0 Å². The second-order valence-electron chi connectivity index (χ2n) is 6.99. The van der Waals surface area contributed by atoms with E-state index in [-0.39, 0.29) is 11.7 Å². The Morgan fingerprint density at radius 2 is 2.11 bits per heavy atom. The molecule has 3 rings (SSSR count). The summed E-state index contributed by atoms with van der Waals surface area (Å²) in [6.45, 7) is 1.38. The van der Waals surface area contributed by atoms with Crippen LogP contribution >= 0.6 is 0 Å². The molecule has 1 N–H and O–H groups in total. The first kappa shape index (κ1) is 19.7. The quantitative estimate of drug-likeness (QED) is 0.859.